The lowest BCUT2D eigenvalue weighted by Gasteiger charge is -2.14. The monoisotopic (exact) mass is 306 g/mol. The predicted molar refractivity (Wildman–Crippen MR) is 80.3 cm³/mol. The summed E-state index contributed by atoms with van der Waals surface area (Å²) in [6.45, 7) is 3.11. The van der Waals surface area contributed by atoms with Crippen molar-refractivity contribution in [2.24, 2.45) is 0 Å². The van der Waals surface area contributed by atoms with Crippen molar-refractivity contribution in [2.45, 2.75) is 39.2 Å². The van der Waals surface area contributed by atoms with E-state index >= 15 is 0 Å². The first-order chi connectivity index (χ1) is 9.97. The summed E-state index contributed by atoms with van der Waals surface area (Å²) in [4.78, 5) is 23.2. The number of benzene rings is 1. The van der Waals surface area contributed by atoms with E-state index in [-0.39, 0.29) is 11.4 Å². The van der Waals surface area contributed by atoms with E-state index < -0.39 is 6.10 Å². The number of hydrogen-bond donors (Lipinski definition) is 0. The second-order valence-electron chi connectivity index (χ2n) is 5.35. The van der Waals surface area contributed by atoms with Crippen LogP contribution in [0.25, 0.3) is 11.0 Å². The average molecular weight is 307 g/mol. The Kier molecular flexibility index (Phi) is 3.49. The number of carbonyl (C=O) groups is 1. The Morgan fingerprint density at radius 1 is 1.33 bits per heavy atom. The van der Waals surface area contributed by atoms with Gasteiger partial charge in [0.15, 0.2) is 11.9 Å². The second-order valence-corrected chi connectivity index (χ2v) is 5.76. The summed E-state index contributed by atoms with van der Waals surface area (Å²) < 4.78 is 10.9. The number of rotatable bonds is 3. The Morgan fingerprint density at radius 2 is 2.05 bits per heavy atom. The number of carbonyl (C=O) groups excluding carboxylic acids is 1. The van der Waals surface area contributed by atoms with Crippen LogP contribution in [-0.2, 0) is 17.6 Å². The highest BCUT2D eigenvalue weighted by Gasteiger charge is 2.21. The standard InChI is InChI=1S/C16H15ClO4/c1-8(18)9(2)20-15-7-14-12(6-13(15)17)10-4-3-5-11(10)16(19)21-14/h6-7,9H,3-5H2,1-2H3/t9-/m0/s1. The van der Waals surface area contributed by atoms with Crippen molar-refractivity contribution in [1.29, 1.82) is 0 Å². The summed E-state index contributed by atoms with van der Waals surface area (Å²) >= 11 is 6.24. The summed E-state index contributed by atoms with van der Waals surface area (Å²) in [5, 5.41) is 1.27. The van der Waals surface area contributed by atoms with Gasteiger partial charge in [0, 0.05) is 17.0 Å². The van der Waals surface area contributed by atoms with Gasteiger partial charge in [0.1, 0.15) is 11.3 Å². The SMILES string of the molecule is CC(=O)[C@H](C)Oc1cc2oc(=O)c3c(c2cc1Cl)CCC3. The number of ether oxygens (including phenoxy) is 1. The number of Topliss-reactive ketones (excluding diaryl/α,β-unsaturated/α-hetero) is 1. The normalized spacial score (nSPS) is 15.0. The van der Waals surface area contributed by atoms with E-state index in [9.17, 15) is 9.59 Å². The molecule has 1 aliphatic rings. The molecule has 2 aromatic rings. The molecule has 110 valence electrons. The molecule has 21 heavy (non-hydrogen) atoms. The topological polar surface area (TPSA) is 56.5 Å². The van der Waals surface area contributed by atoms with Gasteiger partial charge in [0.05, 0.1) is 5.02 Å². The highest BCUT2D eigenvalue weighted by atomic mass is 35.5. The minimum atomic E-state index is -0.596. The van der Waals surface area contributed by atoms with Gasteiger partial charge in [-0.05, 0) is 44.7 Å². The Hall–Kier alpha value is -1.81. The molecule has 0 aliphatic heterocycles. The maximum atomic E-state index is 12.0. The third kappa shape index (κ3) is 2.44. The molecule has 0 unspecified atom stereocenters. The van der Waals surface area contributed by atoms with E-state index in [1.165, 1.54) is 6.92 Å². The lowest BCUT2D eigenvalue weighted by atomic mass is 10.1. The van der Waals surface area contributed by atoms with Crippen LogP contribution in [0.2, 0.25) is 5.02 Å². The Balaban J connectivity index is 2.14. The number of halogens is 1. The van der Waals surface area contributed by atoms with E-state index in [0.29, 0.717) is 16.4 Å². The van der Waals surface area contributed by atoms with Crippen LogP contribution in [0, 0.1) is 0 Å². The molecule has 0 saturated carbocycles. The summed E-state index contributed by atoms with van der Waals surface area (Å²) in [5.74, 6) is 0.259. The Labute approximate surface area is 126 Å². The van der Waals surface area contributed by atoms with Crippen LogP contribution < -0.4 is 10.4 Å². The summed E-state index contributed by atoms with van der Waals surface area (Å²) in [6, 6.07) is 3.35. The molecule has 3 rings (SSSR count). The number of aryl methyl sites for hydroxylation is 1. The van der Waals surface area contributed by atoms with Gasteiger partial charge < -0.3 is 9.15 Å². The minimum absolute atomic E-state index is 0.0958. The van der Waals surface area contributed by atoms with Crippen molar-refractivity contribution >= 4 is 28.4 Å². The molecule has 0 spiro atoms. The van der Waals surface area contributed by atoms with Crippen LogP contribution in [0.1, 0.15) is 31.4 Å². The van der Waals surface area contributed by atoms with Gasteiger partial charge in [0.25, 0.3) is 0 Å². The van der Waals surface area contributed by atoms with Crippen molar-refractivity contribution in [3.05, 3.63) is 38.7 Å². The lowest BCUT2D eigenvalue weighted by molar-refractivity contribution is -0.122. The fourth-order valence-electron chi connectivity index (χ4n) is 2.65. The average Bonchev–Trinajstić information content (AvgIpc) is 2.91. The molecule has 1 aromatic heterocycles. The molecule has 1 aromatic carbocycles. The first-order valence-corrected chi connectivity index (χ1v) is 7.30. The molecule has 0 fully saturated rings. The summed E-state index contributed by atoms with van der Waals surface area (Å²) in [7, 11) is 0. The fourth-order valence-corrected chi connectivity index (χ4v) is 2.85. The Morgan fingerprint density at radius 3 is 2.76 bits per heavy atom. The van der Waals surface area contributed by atoms with Gasteiger partial charge in [-0.15, -0.1) is 0 Å². The number of ketones is 1. The summed E-state index contributed by atoms with van der Waals surface area (Å²) in [6.07, 6.45) is 1.97. The van der Waals surface area contributed by atoms with Crippen LogP contribution >= 0.6 is 11.6 Å². The molecule has 5 heteroatoms. The van der Waals surface area contributed by atoms with Crippen LogP contribution in [0.5, 0.6) is 5.75 Å². The molecule has 0 radical (unpaired) electrons. The first-order valence-electron chi connectivity index (χ1n) is 6.92. The fraction of sp³-hybridized carbons (Fsp3) is 0.375. The van der Waals surface area contributed by atoms with Crippen molar-refractivity contribution in [1.82, 2.24) is 0 Å². The first kappa shape index (κ1) is 14.1. The molecular formula is C16H15ClO4. The Bertz CT molecular complexity index is 791. The van der Waals surface area contributed by atoms with Gasteiger partial charge in [-0.1, -0.05) is 11.6 Å². The third-order valence-corrected chi connectivity index (χ3v) is 4.20. The van der Waals surface area contributed by atoms with Crippen LogP contribution in [0.4, 0.5) is 0 Å². The van der Waals surface area contributed by atoms with Crippen LogP contribution in [0.3, 0.4) is 0 Å². The largest absolute Gasteiger partial charge is 0.481 e. The predicted octanol–water partition coefficient (Wildman–Crippen LogP) is 3.29. The van der Waals surface area contributed by atoms with Crippen molar-refractivity contribution in [3.63, 3.8) is 0 Å². The van der Waals surface area contributed by atoms with Crippen molar-refractivity contribution < 1.29 is 13.9 Å². The van der Waals surface area contributed by atoms with Gasteiger partial charge in [-0.2, -0.15) is 0 Å². The van der Waals surface area contributed by atoms with E-state index in [0.717, 1.165) is 35.8 Å². The lowest BCUT2D eigenvalue weighted by Crippen LogP contribution is -2.20. The van der Waals surface area contributed by atoms with Gasteiger partial charge in [0.2, 0.25) is 0 Å². The number of hydrogen-bond acceptors (Lipinski definition) is 4. The highest BCUT2D eigenvalue weighted by molar-refractivity contribution is 6.32. The summed E-state index contributed by atoms with van der Waals surface area (Å²) in [5.41, 5.74) is 1.94. The third-order valence-electron chi connectivity index (χ3n) is 3.90. The zero-order chi connectivity index (χ0) is 15.1. The smallest absolute Gasteiger partial charge is 0.339 e. The van der Waals surface area contributed by atoms with E-state index in [1.54, 1.807) is 19.1 Å². The van der Waals surface area contributed by atoms with Gasteiger partial charge >= 0.3 is 5.63 Å². The molecule has 4 nitrogen and oxygen atoms in total. The number of fused-ring (bicyclic) bond motifs is 3. The molecule has 0 amide bonds. The van der Waals surface area contributed by atoms with Crippen molar-refractivity contribution in [3.8, 4) is 5.75 Å². The zero-order valence-corrected chi connectivity index (χ0v) is 12.6. The van der Waals surface area contributed by atoms with Crippen molar-refractivity contribution in [2.75, 3.05) is 0 Å². The zero-order valence-electron chi connectivity index (χ0n) is 11.9. The van der Waals surface area contributed by atoms with E-state index in [4.69, 9.17) is 20.8 Å². The van der Waals surface area contributed by atoms with Crippen LogP contribution in [0.15, 0.2) is 21.3 Å². The molecule has 0 bridgehead atoms. The van der Waals surface area contributed by atoms with Crippen LogP contribution in [-0.4, -0.2) is 11.9 Å². The maximum Gasteiger partial charge on any atom is 0.339 e. The quantitative estimate of drug-likeness (QED) is 0.817. The molecule has 1 aliphatic carbocycles. The molecule has 1 heterocycles. The molecule has 0 saturated heterocycles. The molecule has 1 atom stereocenters. The molecular weight excluding hydrogens is 292 g/mol. The van der Waals surface area contributed by atoms with Gasteiger partial charge in [-0.3, -0.25) is 4.79 Å². The molecule has 0 N–H and O–H groups in total. The maximum absolute atomic E-state index is 12.0. The minimum Gasteiger partial charge on any atom is -0.481 e. The van der Waals surface area contributed by atoms with Gasteiger partial charge in [-0.25, -0.2) is 4.79 Å². The van der Waals surface area contributed by atoms with E-state index in [1.807, 2.05) is 0 Å². The second kappa shape index (κ2) is 5.19. The van der Waals surface area contributed by atoms with E-state index in [2.05, 4.69) is 0 Å². The highest BCUT2D eigenvalue weighted by Crippen LogP contribution is 2.35.